The average Bonchev–Trinajstić information content (AvgIpc) is 2.33. The van der Waals surface area contributed by atoms with Crippen LogP contribution in [0.4, 0.5) is 4.39 Å². The van der Waals surface area contributed by atoms with Crippen LogP contribution in [0.2, 0.25) is 0 Å². The maximum Gasteiger partial charge on any atom is 0.222 e. The van der Waals surface area contributed by atoms with Gasteiger partial charge in [-0.05, 0) is 37.5 Å². The first-order chi connectivity index (χ1) is 8.49. The Labute approximate surface area is 107 Å². The normalized spacial score (nSPS) is 12.2. The number of carbonyl (C=O) groups excluding carboxylic acids is 1. The van der Waals surface area contributed by atoms with Gasteiger partial charge in [-0.2, -0.15) is 0 Å². The molecule has 1 aromatic rings. The quantitative estimate of drug-likeness (QED) is 0.842. The molecule has 0 saturated carbocycles. The fraction of sp³-hybridized carbons (Fsp3) is 0.500. The highest BCUT2D eigenvalue weighted by atomic mass is 19.1. The van der Waals surface area contributed by atoms with Crippen molar-refractivity contribution >= 4 is 5.91 Å². The molecule has 1 amide bonds. The van der Waals surface area contributed by atoms with E-state index in [0.717, 1.165) is 5.56 Å². The molecular formula is C14H20FNO2. The molecule has 1 atom stereocenters. The minimum Gasteiger partial charge on any atom is -0.393 e. The lowest BCUT2D eigenvalue weighted by Gasteiger charge is -2.18. The summed E-state index contributed by atoms with van der Waals surface area (Å²) in [4.78, 5) is 13.4. The highest BCUT2D eigenvalue weighted by Crippen LogP contribution is 2.07. The van der Waals surface area contributed by atoms with Gasteiger partial charge in [0.05, 0.1) is 6.10 Å². The molecule has 1 rings (SSSR count). The molecule has 0 heterocycles. The molecule has 100 valence electrons. The Morgan fingerprint density at radius 2 is 2.22 bits per heavy atom. The van der Waals surface area contributed by atoms with Crippen LogP contribution in [-0.2, 0) is 11.2 Å². The van der Waals surface area contributed by atoms with Crippen LogP contribution in [-0.4, -0.2) is 35.6 Å². The highest BCUT2D eigenvalue weighted by Gasteiger charge is 2.09. The van der Waals surface area contributed by atoms with Crippen molar-refractivity contribution in [2.24, 2.45) is 0 Å². The molecule has 0 saturated heterocycles. The van der Waals surface area contributed by atoms with Gasteiger partial charge in [-0.1, -0.05) is 12.1 Å². The number of hydrogen-bond acceptors (Lipinski definition) is 2. The van der Waals surface area contributed by atoms with Gasteiger partial charge in [0.2, 0.25) is 5.91 Å². The predicted molar refractivity (Wildman–Crippen MR) is 68.7 cm³/mol. The molecule has 0 aliphatic rings. The predicted octanol–water partition coefficient (Wildman–Crippen LogP) is 1.99. The first-order valence-electron chi connectivity index (χ1n) is 6.15. The van der Waals surface area contributed by atoms with Crippen LogP contribution < -0.4 is 0 Å². The van der Waals surface area contributed by atoms with E-state index in [1.54, 1.807) is 24.9 Å². The number of aliphatic hydroxyl groups is 1. The van der Waals surface area contributed by atoms with E-state index in [0.29, 0.717) is 25.8 Å². The molecule has 1 aromatic carbocycles. The smallest absolute Gasteiger partial charge is 0.222 e. The highest BCUT2D eigenvalue weighted by molar-refractivity contribution is 5.76. The number of nitrogens with zero attached hydrogens (tertiary/aromatic N) is 1. The Hall–Kier alpha value is -1.42. The summed E-state index contributed by atoms with van der Waals surface area (Å²) in [6.07, 6.45) is 1.07. The van der Waals surface area contributed by atoms with Crippen LogP contribution in [0, 0.1) is 5.82 Å². The first kappa shape index (κ1) is 14.6. The second-order valence-electron chi connectivity index (χ2n) is 4.58. The summed E-state index contributed by atoms with van der Waals surface area (Å²) >= 11 is 0. The summed E-state index contributed by atoms with van der Waals surface area (Å²) in [5, 5.41) is 9.14. The third kappa shape index (κ3) is 5.27. The van der Waals surface area contributed by atoms with E-state index >= 15 is 0 Å². The zero-order chi connectivity index (χ0) is 13.5. The van der Waals surface area contributed by atoms with Gasteiger partial charge in [0.15, 0.2) is 0 Å². The lowest BCUT2D eigenvalue weighted by molar-refractivity contribution is -0.130. The molecule has 1 unspecified atom stereocenters. The van der Waals surface area contributed by atoms with Crippen molar-refractivity contribution < 1.29 is 14.3 Å². The molecule has 0 radical (unpaired) electrons. The second-order valence-corrected chi connectivity index (χ2v) is 4.58. The molecular weight excluding hydrogens is 233 g/mol. The largest absolute Gasteiger partial charge is 0.393 e. The Morgan fingerprint density at radius 1 is 1.50 bits per heavy atom. The summed E-state index contributed by atoms with van der Waals surface area (Å²) in [7, 11) is 1.72. The number of hydrogen-bond donors (Lipinski definition) is 1. The lowest BCUT2D eigenvalue weighted by atomic mass is 10.1. The van der Waals surface area contributed by atoms with Crippen LogP contribution >= 0.6 is 0 Å². The summed E-state index contributed by atoms with van der Waals surface area (Å²) in [5.74, 6) is -0.262. The zero-order valence-corrected chi connectivity index (χ0v) is 10.9. The van der Waals surface area contributed by atoms with Crippen LogP contribution in [0.1, 0.15) is 25.3 Å². The molecule has 4 heteroatoms. The van der Waals surface area contributed by atoms with Gasteiger partial charge in [0, 0.05) is 20.0 Å². The molecule has 0 aliphatic carbocycles. The number of carbonyl (C=O) groups is 1. The minimum atomic E-state index is -0.400. The van der Waals surface area contributed by atoms with Gasteiger partial charge in [0.25, 0.3) is 0 Å². The van der Waals surface area contributed by atoms with Gasteiger partial charge in [0.1, 0.15) is 5.82 Å². The molecule has 0 fully saturated rings. The molecule has 0 spiro atoms. The first-order valence-corrected chi connectivity index (χ1v) is 6.15. The summed E-state index contributed by atoms with van der Waals surface area (Å²) < 4.78 is 12.9. The minimum absolute atomic E-state index is 0.0138. The number of amides is 1. The molecule has 1 N–H and O–H groups in total. The number of rotatable bonds is 6. The SMILES string of the molecule is CC(O)CCN(C)C(=O)CCc1cccc(F)c1. The fourth-order valence-electron chi connectivity index (χ4n) is 1.64. The van der Waals surface area contributed by atoms with Crippen molar-refractivity contribution in [2.75, 3.05) is 13.6 Å². The standard InChI is InChI=1S/C14H20FNO2/c1-11(17)8-9-16(2)14(18)7-6-12-4-3-5-13(15)10-12/h3-5,10-11,17H,6-9H2,1-2H3. The Balaban J connectivity index is 2.36. The lowest BCUT2D eigenvalue weighted by Crippen LogP contribution is -2.29. The summed E-state index contributed by atoms with van der Waals surface area (Å²) in [5.41, 5.74) is 0.826. The van der Waals surface area contributed by atoms with Crippen molar-refractivity contribution in [3.05, 3.63) is 35.6 Å². The Kier molecular flexibility index (Phi) is 5.78. The van der Waals surface area contributed by atoms with Crippen molar-refractivity contribution in [1.29, 1.82) is 0 Å². The van der Waals surface area contributed by atoms with E-state index < -0.39 is 6.10 Å². The van der Waals surface area contributed by atoms with Crippen molar-refractivity contribution in [2.45, 2.75) is 32.3 Å². The molecule has 0 bridgehead atoms. The van der Waals surface area contributed by atoms with E-state index in [4.69, 9.17) is 5.11 Å². The number of benzene rings is 1. The van der Waals surface area contributed by atoms with Crippen LogP contribution in [0.25, 0.3) is 0 Å². The van der Waals surface area contributed by atoms with E-state index in [9.17, 15) is 9.18 Å². The van der Waals surface area contributed by atoms with E-state index in [1.807, 2.05) is 6.07 Å². The summed E-state index contributed by atoms with van der Waals surface area (Å²) in [6, 6.07) is 6.29. The second kappa shape index (κ2) is 7.11. The molecule has 3 nitrogen and oxygen atoms in total. The van der Waals surface area contributed by atoms with Crippen molar-refractivity contribution in [1.82, 2.24) is 4.90 Å². The van der Waals surface area contributed by atoms with E-state index in [-0.39, 0.29) is 11.7 Å². The fourth-order valence-corrected chi connectivity index (χ4v) is 1.64. The van der Waals surface area contributed by atoms with E-state index in [1.165, 1.54) is 12.1 Å². The van der Waals surface area contributed by atoms with Crippen LogP contribution in [0.5, 0.6) is 0 Å². The van der Waals surface area contributed by atoms with Crippen LogP contribution in [0.3, 0.4) is 0 Å². The third-order valence-electron chi connectivity index (χ3n) is 2.82. The van der Waals surface area contributed by atoms with Gasteiger partial charge < -0.3 is 10.0 Å². The maximum atomic E-state index is 12.9. The summed E-state index contributed by atoms with van der Waals surface area (Å²) in [6.45, 7) is 2.24. The average molecular weight is 253 g/mol. The third-order valence-corrected chi connectivity index (χ3v) is 2.82. The molecule has 0 aromatic heterocycles. The van der Waals surface area contributed by atoms with Gasteiger partial charge in [-0.3, -0.25) is 4.79 Å². The van der Waals surface area contributed by atoms with Crippen molar-refractivity contribution in [3.63, 3.8) is 0 Å². The monoisotopic (exact) mass is 253 g/mol. The van der Waals surface area contributed by atoms with Gasteiger partial charge >= 0.3 is 0 Å². The number of aliphatic hydroxyl groups excluding tert-OH is 1. The topological polar surface area (TPSA) is 40.5 Å². The number of halogens is 1. The van der Waals surface area contributed by atoms with Gasteiger partial charge in [-0.25, -0.2) is 4.39 Å². The zero-order valence-electron chi connectivity index (χ0n) is 10.9. The van der Waals surface area contributed by atoms with Crippen LogP contribution in [0.15, 0.2) is 24.3 Å². The number of aryl methyl sites for hydroxylation is 1. The Morgan fingerprint density at radius 3 is 2.83 bits per heavy atom. The van der Waals surface area contributed by atoms with Crippen molar-refractivity contribution in [3.8, 4) is 0 Å². The van der Waals surface area contributed by atoms with E-state index in [2.05, 4.69) is 0 Å². The molecule has 18 heavy (non-hydrogen) atoms. The molecule has 0 aliphatic heterocycles. The van der Waals surface area contributed by atoms with Gasteiger partial charge in [-0.15, -0.1) is 0 Å². The maximum absolute atomic E-state index is 12.9. The Bertz CT molecular complexity index is 393.